The Labute approximate surface area is 196 Å². The molecule has 2 aromatic heterocycles. The number of hydrogen-bond acceptors (Lipinski definition) is 7. The number of allylic oxidation sites excluding steroid dienone is 2. The van der Waals surface area contributed by atoms with Crippen LogP contribution in [0.3, 0.4) is 0 Å². The summed E-state index contributed by atoms with van der Waals surface area (Å²) in [4.78, 5) is 22.4. The van der Waals surface area contributed by atoms with E-state index in [1.165, 1.54) is 4.90 Å². The third kappa shape index (κ3) is 4.54. The number of halogens is 1. The molecule has 0 spiro atoms. The Hall–Kier alpha value is -3.66. The van der Waals surface area contributed by atoms with Gasteiger partial charge in [-0.05, 0) is 31.4 Å². The van der Waals surface area contributed by atoms with E-state index in [1.807, 2.05) is 32.2 Å². The molecule has 1 aliphatic heterocycles. The Morgan fingerprint density at radius 2 is 2.21 bits per heavy atom. The van der Waals surface area contributed by atoms with Gasteiger partial charge in [0.1, 0.15) is 17.7 Å². The van der Waals surface area contributed by atoms with Crippen LogP contribution in [0.2, 0.25) is 0 Å². The smallest absolute Gasteiger partial charge is 0.231 e. The Bertz CT molecular complexity index is 1230. The number of amidine groups is 1. The molecule has 1 fully saturated rings. The van der Waals surface area contributed by atoms with E-state index in [9.17, 15) is 14.3 Å². The topological polar surface area (TPSA) is 138 Å². The van der Waals surface area contributed by atoms with Gasteiger partial charge in [-0.3, -0.25) is 15.6 Å². The molecule has 5 N–H and O–H groups in total. The number of aliphatic hydroxyl groups is 1. The molecule has 178 valence electrons. The van der Waals surface area contributed by atoms with Gasteiger partial charge in [-0.2, -0.15) is 0 Å². The Balaban J connectivity index is 1.75. The lowest BCUT2D eigenvalue weighted by atomic mass is 9.91. The fourth-order valence-electron chi connectivity index (χ4n) is 3.87. The van der Waals surface area contributed by atoms with Crippen molar-refractivity contribution in [2.24, 2.45) is 5.92 Å². The molecule has 0 radical (unpaired) electrons. The van der Waals surface area contributed by atoms with Crippen LogP contribution in [0.25, 0.3) is 16.5 Å². The van der Waals surface area contributed by atoms with Crippen LogP contribution in [0, 0.1) is 16.7 Å². The van der Waals surface area contributed by atoms with Crippen LogP contribution in [0.5, 0.6) is 0 Å². The summed E-state index contributed by atoms with van der Waals surface area (Å²) < 4.78 is 13.2. The third-order valence-electron chi connectivity index (χ3n) is 6.17. The molecule has 1 amide bonds. The number of nitrogens with zero attached hydrogens (tertiary/aromatic N) is 3. The summed E-state index contributed by atoms with van der Waals surface area (Å²) in [6.07, 6.45) is 5.59. The molecular formula is C24H28FN7O2. The number of dihydropyridines is 1. The average molecular weight is 466 g/mol. The second-order valence-corrected chi connectivity index (χ2v) is 8.66. The first-order valence-electron chi connectivity index (χ1n) is 11.1. The molecular weight excluding hydrogens is 437 g/mol. The number of alkyl halides is 1. The molecule has 2 aliphatic rings. The molecule has 9 nitrogen and oxygen atoms in total. The van der Waals surface area contributed by atoms with Crippen LogP contribution < -0.4 is 10.6 Å². The Kier molecular flexibility index (Phi) is 6.43. The highest BCUT2D eigenvalue weighted by atomic mass is 19.1. The van der Waals surface area contributed by atoms with E-state index in [0.29, 0.717) is 28.6 Å². The molecule has 1 saturated carbocycles. The van der Waals surface area contributed by atoms with Crippen molar-refractivity contribution >= 4 is 40.4 Å². The van der Waals surface area contributed by atoms with Gasteiger partial charge in [0.2, 0.25) is 5.91 Å². The predicted octanol–water partition coefficient (Wildman–Crippen LogP) is 2.82. The number of carbonyl (C=O) groups excluding carboxylic acids is 1. The number of aliphatic hydroxyl groups excluding tert-OH is 1. The van der Waals surface area contributed by atoms with E-state index in [-0.39, 0.29) is 24.1 Å². The summed E-state index contributed by atoms with van der Waals surface area (Å²) in [5.41, 5.74) is 3.26. The first-order chi connectivity index (χ1) is 16.2. The minimum Gasteiger partial charge on any atom is -0.391 e. The van der Waals surface area contributed by atoms with E-state index in [1.54, 1.807) is 19.3 Å². The van der Waals surface area contributed by atoms with E-state index in [4.69, 9.17) is 10.8 Å². The summed E-state index contributed by atoms with van der Waals surface area (Å²) in [5, 5.41) is 32.9. The molecule has 0 saturated heterocycles. The lowest BCUT2D eigenvalue weighted by Gasteiger charge is -2.27. The molecule has 10 heteroatoms. The van der Waals surface area contributed by atoms with Crippen molar-refractivity contribution in [3.8, 4) is 0 Å². The van der Waals surface area contributed by atoms with Crippen molar-refractivity contribution < 1.29 is 14.3 Å². The minimum absolute atomic E-state index is 0.0250. The maximum atomic E-state index is 13.2. The largest absolute Gasteiger partial charge is 0.391 e. The second kappa shape index (κ2) is 9.30. The minimum atomic E-state index is -1.10. The van der Waals surface area contributed by atoms with E-state index in [2.05, 4.69) is 20.6 Å². The molecule has 0 aromatic carbocycles. The third-order valence-corrected chi connectivity index (χ3v) is 6.17. The number of carbonyl (C=O) groups is 1. The highest BCUT2D eigenvalue weighted by Gasteiger charge is 2.43. The molecule has 4 atom stereocenters. The summed E-state index contributed by atoms with van der Waals surface area (Å²) in [6, 6.07) is 3.25. The van der Waals surface area contributed by atoms with Crippen LogP contribution in [-0.4, -0.2) is 63.4 Å². The lowest BCUT2D eigenvalue weighted by Crippen LogP contribution is -2.37. The fraction of sp³-hybridized carbons (Fsp3) is 0.375. The van der Waals surface area contributed by atoms with Gasteiger partial charge >= 0.3 is 0 Å². The zero-order chi connectivity index (χ0) is 24.6. The van der Waals surface area contributed by atoms with Crippen LogP contribution in [0.1, 0.15) is 37.9 Å². The fourth-order valence-corrected chi connectivity index (χ4v) is 3.87. The van der Waals surface area contributed by atoms with E-state index in [0.717, 1.165) is 17.5 Å². The van der Waals surface area contributed by atoms with Gasteiger partial charge in [0.15, 0.2) is 5.84 Å². The number of amides is 1. The highest BCUT2D eigenvalue weighted by molar-refractivity contribution is 6.07. The van der Waals surface area contributed by atoms with E-state index >= 15 is 0 Å². The number of aromatic nitrogens is 2. The molecule has 3 heterocycles. The van der Waals surface area contributed by atoms with Gasteiger partial charge < -0.3 is 20.6 Å². The molecule has 0 bridgehead atoms. The van der Waals surface area contributed by atoms with Crippen molar-refractivity contribution in [2.45, 2.75) is 45.0 Å². The van der Waals surface area contributed by atoms with Gasteiger partial charge in [0.25, 0.3) is 0 Å². The maximum absolute atomic E-state index is 13.2. The van der Waals surface area contributed by atoms with E-state index < -0.39 is 24.1 Å². The zero-order valence-corrected chi connectivity index (χ0v) is 19.3. The number of nitrogens with one attached hydrogen (secondary N) is 4. The van der Waals surface area contributed by atoms with Gasteiger partial charge in [0, 0.05) is 42.0 Å². The quantitative estimate of drug-likeness (QED) is 0.315. The maximum Gasteiger partial charge on any atom is 0.231 e. The van der Waals surface area contributed by atoms with Gasteiger partial charge in [-0.15, -0.1) is 0 Å². The lowest BCUT2D eigenvalue weighted by molar-refractivity contribution is -0.117. The van der Waals surface area contributed by atoms with Crippen molar-refractivity contribution in [3.63, 3.8) is 0 Å². The number of fused-ring (bicyclic) bond motifs is 1. The molecule has 2 aromatic rings. The second-order valence-electron chi connectivity index (χ2n) is 8.66. The monoisotopic (exact) mass is 465 g/mol. The van der Waals surface area contributed by atoms with Crippen molar-refractivity contribution in [1.82, 2.24) is 20.2 Å². The van der Waals surface area contributed by atoms with Crippen molar-refractivity contribution in [3.05, 3.63) is 47.4 Å². The SMILES string of the molecule is CCC(O)C1C=C(C)C(c2cc3cnc(NC(=O)C4CC4F)cc3nc2C(=N)N(C)C=N)=CN1. The first kappa shape index (κ1) is 23.5. The Morgan fingerprint density at radius 1 is 1.47 bits per heavy atom. The van der Waals surface area contributed by atoms with Crippen LogP contribution >= 0.6 is 0 Å². The number of anilines is 1. The van der Waals surface area contributed by atoms with Crippen molar-refractivity contribution in [1.29, 1.82) is 10.8 Å². The number of hydrogen-bond donors (Lipinski definition) is 5. The molecule has 4 rings (SSSR count). The van der Waals surface area contributed by atoms with Crippen molar-refractivity contribution in [2.75, 3.05) is 12.4 Å². The average Bonchev–Trinajstić information content (AvgIpc) is 3.58. The zero-order valence-electron chi connectivity index (χ0n) is 19.3. The van der Waals surface area contributed by atoms with Gasteiger partial charge in [-0.25, -0.2) is 14.4 Å². The molecule has 1 aliphatic carbocycles. The van der Waals surface area contributed by atoms with Crippen LogP contribution in [0.4, 0.5) is 10.2 Å². The summed E-state index contributed by atoms with van der Waals surface area (Å²) in [7, 11) is 1.59. The summed E-state index contributed by atoms with van der Waals surface area (Å²) in [6.45, 7) is 3.85. The number of pyridine rings is 2. The van der Waals surface area contributed by atoms with Crippen LogP contribution in [-0.2, 0) is 4.79 Å². The first-order valence-corrected chi connectivity index (χ1v) is 11.1. The normalized spacial score (nSPS) is 22.2. The number of rotatable bonds is 7. The summed E-state index contributed by atoms with van der Waals surface area (Å²) >= 11 is 0. The highest BCUT2D eigenvalue weighted by Crippen LogP contribution is 2.35. The summed E-state index contributed by atoms with van der Waals surface area (Å²) in [5.74, 6) is -0.749. The molecule has 4 unspecified atom stereocenters. The predicted molar refractivity (Wildman–Crippen MR) is 130 cm³/mol. The standard InChI is InChI=1S/C24H28FN7O2/c1-4-20(33)19-5-12(2)16(10-28-19)14-6-13-9-29-21(31-24(34)15-7-17(15)25)8-18(13)30-22(14)23(27)32(3)11-26/h5-6,8-11,15,17,19-20,26-28,33H,4,7H2,1-3H3,(H,29,31,34). The van der Waals surface area contributed by atoms with Crippen LogP contribution in [0.15, 0.2) is 36.2 Å². The van der Waals surface area contributed by atoms with Gasteiger partial charge in [-0.1, -0.05) is 13.0 Å². The molecule has 34 heavy (non-hydrogen) atoms. The Morgan fingerprint density at radius 3 is 2.82 bits per heavy atom. The van der Waals surface area contributed by atoms with Gasteiger partial charge in [0.05, 0.1) is 29.9 Å².